The van der Waals surface area contributed by atoms with Crippen LogP contribution in [0.1, 0.15) is 32.1 Å². The highest BCUT2D eigenvalue weighted by molar-refractivity contribution is 5.91. The predicted octanol–water partition coefficient (Wildman–Crippen LogP) is 2.30. The number of carbonyl (C=O) groups is 1. The normalized spacial score (nSPS) is 22.6. The van der Waals surface area contributed by atoms with E-state index < -0.39 is 5.82 Å². The van der Waals surface area contributed by atoms with Gasteiger partial charge in [0.2, 0.25) is 5.91 Å². The Kier molecular flexibility index (Phi) is 5.68. The van der Waals surface area contributed by atoms with Crippen molar-refractivity contribution in [2.45, 2.75) is 38.1 Å². The van der Waals surface area contributed by atoms with E-state index in [2.05, 4.69) is 15.1 Å². The number of nitrogens with one attached hydrogen (secondary N) is 1. The van der Waals surface area contributed by atoms with E-state index in [0.29, 0.717) is 18.2 Å². The van der Waals surface area contributed by atoms with Gasteiger partial charge in [-0.05, 0) is 63.5 Å². The maximum atomic E-state index is 13.7. The number of benzene rings is 1. The van der Waals surface area contributed by atoms with E-state index >= 15 is 0 Å². The highest BCUT2D eigenvalue weighted by atomic mass is 19.1. The number of rotatable bonds is 5. The van der Waals surface area contributed by atoms with Crippen LogP contribution in [0.3, 0.4) is 0 Å². The van der Waals surface area contributed by atoms with Gasteiger partial charge in [0, 0.05) is 31.2 Å². The second-order valence-electron chi connectivity index (χ2n) is 6.88. The molecule has 1 aromatic carbocycles. The number of anilines is 2. The van der Waals surface area contributed by atoms with Gasteiger partial charge >= 0.3 is 0 Å². The smallest absolute Gasteiger partial charge is 0.225 e. The van der Waals surface area contributed by atoms with E-state index in [1.807, 2.05) is 0 Å². The van der Waals surface area contributed by atoms with E-state index in [0.717, 1.165) is 19.6 Å². The van der Waals surface area contributed by atoms with Gasteiger partial charge in [-0.2, -0.15) is 0 Å². The zero-order valence-corrected chi connectivity index (χ0v) is 14.1. The summed E-state index contributed by atoms with van der Waals surface area (Å²) in [6.07, 6.45) is 5.44. The van der Waals surface area contributed by atoms with E-state index in [1.165, 1.54) is 57.0 Å². The van der Waals surface area contributed by atoms with Crippen LogP contribution in [0.2, 0.25) is 0 Å². The number of nitrogens with zero attached hydrogens (tertiary/aromatic N) is 2. The third-order valence-corrected chi connectivity index (χ3v) is 5.06. The van der Waals surface area contributed by atoms with Gasteiger partial charge in [-0.25, -0.2) is 4.39 Å². The van der Waals surface area contributed by atoms with Gasteiger partial charge in [-0.3, -0.25) is 9.69 Å². The number of hydrogen-bond acceptors (Lipinski definition) is 4. The van der Waals surface area contributed by atoms with Gasteiger partial charge < -0.3 is 16.0 Å². The Morgan fingerprint density at radius 2 is 2.04 bits per heavy atom. The highest BCUT2D eigenvalue weighted by Crippen LogP contribution is 2.21. The Bertz CT molecular complexity index is 574. The summed E-state index contributed by atoms with van der Waals surface area (Å²) in [7, 11) is 0. The van der Waals surface area contributed by atoms with Crippen LogP contribution in [-0.2, 0) is 4.79 Å². The molecule has 0 aliphatic carbocycles. The first kappa shape index (κ1) is 17.2. The Morgan fingerprint density at radius 1 is 1.25 bits per heavy atom. The molecule has 0 bridgehead atoms. The molecule has 3 N–H and O–H groups in total. The third kappa shape index (κ3) is 4.45. The lowest BCUT2D eigenvalue weighted by Crippen LogP contribution is -2.47. The average molecular weight is 334 g/mol. The summed E-state index contributed by atoms with van der Waals surface area (Å²) in [4.78, 5) is 17.1. The van der Waals surface area contributed by atoms with Gasteiger partial charge in [-0.1, -0.05) is 0 Å². The van der Waals surface area contributed by atoms with E-state index in [4.69, 9.17) is 5.73 Å². The second-order valence-corrected chi connectivity index (χ2v) is 6.88. The average Bonchev–Trinajstić information content (AvgIpc) is 3.11. The topological polar surface area (TPSA) is 61.6 Å². The zero-order valence-electron chi connectivity index (χ0n) is 14.1. The summed E-state index contributed by atoms with van der Waals surface area (Å²) < 4.78 is 13.7. The molecule has 0 saturated carbocycles. The quantitative estimate of drug-likeness (QED) is 0.811. The van der Waals surface area contributed by atoms with E-state index in [1.54, 1.807) is 0 Å². The molecule has 24 heavy (non-hydrogen) atoms. The van der Waals surface area contributed by atoms with Crippen LogP contribution in [0.5, 0.6) is 0 Å². The summed E-state index contributed by atoms with van der Waals surface area (Å²) in [6.45, 7) is 5.24. The summed E-state index contributed by atoms with van der Waals surface area (Å²) in [5, 5.41) is 2.63. The molecule has 1 unspecified atom stereocenters. The van der Waals surface area contributed by atoms with Crippen LogP contribution in [-0.4, -0.2) is 54.5 Å². The number of nitrogen functional groups attached to an aromatic ring is 1. The van der Waals surface area contributed by atoms with Gasteiger partial charge in [0.15, 0.2) is 0 Å². The molecule has 6 heteroatoms. The van der Waals surface area contributed by atoms with Gasteiger partial charge in [0.05, 0.1) is 5.69 Å². The van der Waals surface area contributed by atoms with Crippen LogP contribution < -0.4 is 11.1 Å². The monoisotopic (exact) mass is 334 g/mol. The van der Waals surface area contributed by atoms with Crippen LogP contribution in [0.15, 0.2) is 18.2 Å². The lowest BCUT2D eigenvalue weighted by atomic mass is 10.0. The van der Waals surface area contributed by atoms with Gasteiger partial charge in [0.25, 0.3) is 0 Å². The van der Waals surface area contributed by atoms with Crippen molar-refractivity contribution in [1.29, 1.82) is 0 Å². The summed E-state index contributed by atoms with van der Waals surface area (Å²) in [5.74, 6) is -0.618. The molecule has 2 heterocycles. The van der Waals surface area contributed by atoms with Crippen molar-refractivity contribution in [2.75, 3.05) is 43.8 Å². The molecule has 2 aliphatic rings. The van der Waals surface area contributed by atoms with Gasteiger partial charge in [-0.15, -0.1) is 0 Å². The van der Waals surface area contributed by atoms with E-state index in [9.17, 15) is 9.18 Å². The fraction of sp³-hybridized carbons (Fsp3) is 0.611. The molecule has 0 aromatic heterocycles. The minimum absolute atomic E-state index is 0.161. The Morgan fingerprint density at radius 3 is 2.83 bits per heavy atom. The summed E-state index contributed by atoms with van der Waals surface area (Å²) in [6, 6.07) is 4.85. The highest BCUT2D eigenvalue weighted by Gasteiger charge is 2.27. The second kappa shape index (κ2) is 7.94. The number of likely N-dealkylation sites (tertiary alicyclic amines) is 2. The van der Waals surface area contributed by atoms with Crippen LogP contribution in [0.4, 0.5) is 15.8 Å². The molecule has 0 radical (unpaired) electrons. The Balaban J connectivity index is 1.46. The van der Waals surface area contributed by atoms with Crippen LogP contribution in [0, 0.1) is 5.82 Å². The van der Waals surface area contributed by atoms with Crippen LogP contribution in [0.25, 0.3) is 0 Å². The minimum atomic E-state index is -0.454. The molecule has 2 aliphatic heterocycles. The zero-order chi connectivity index (χ0) is 16.9. The number of halogens is 1. The molecule has 0 spiro atoms. The van der Waals surface area contributed by atoms with Crippen LogP contribution >= 0.6 is 0 Å². The maximum absolute atomic E-state index is 13.7. The van der Waals surface area contributed by atoms with Crippen molar-refractivity contribution in [3.05, 3.63) is 24.0 Å². The number of carbonyl (C=O) groups excluding carboxylic acids is 1. The third-order valence-electron chi connectivity index (χ3n) is 5.06. The van der Waals surface area contributed by atoms with Crippen molar-refractivity contribution in [3.63, 3.8) is 0 Å². The largest absolute Gasteiger partial charge is 0.399 e. The molecule has 132 valence electrons. The SMILES string of the molecule is Nc1ccc(F)c(NC(=O)CCN2CCCC(N3CCCC3)C2)c1. The molecule has 1 amide bonds. The van der Waals surface area contributed by atoms with Crippen molar-refractivity contribution in [3.8, 4) is 0 Å². The first-order chi connectivity index (χ1) is 11.6. The maximum Gasteiger partial charge on any atom is 0.225 e. The number of nitrogens with two attached hydrogens (primary N) is 1. The summed E-state index contributed by atoms with van der Waals surface area (Å²) >= 11 is 0. The molecule has 2 fully saturated rings. The molecule has 3 rings (SSSR count). The molecule has 1 aromatic rings. The van der Waals surface area contributed by atoms with Crippen molar-refractivity contribution in [2.24, 2.45) is 0 Å². The number of piperidine rings is 1. The lowest BCUT2D eigenvalue weighted by molar-refractivity contribution is -0.116. The van der Waals surface area contributed by atoms with Crippen molar-refractivity contribution < 1.29 is 9.18 Å². The molecule has 2 saturated heterocycles. The number of hydrogen-bond donors (Lipinski definition) is 2. The Hall–Kier alpha value is -1.66. The predicted molar refractivity (Wildman–Crippen MR) is 94.3 cm³/mol. The van der Waals surface area contributed by atoms with E-state index in [-0.39, 0.29) is 11.6 Å². The fourth-order valence-electron chi connectivity index (χ4n) is 3.75. The first-order valence-corrected chi connectivity index (χ1v) is 8.93. The minimum Gasteiger partial charge on any atom is -0.399 e. The summed E-state index contributed by atoms with van der Waals surface area (Å²) in [5.41, 5.74) is 6.24. The van der Waals surface area contributed by atoms with Gasteiger partial charge in [0.1, 0.15) is 5.82 Å². The molecular formula is C18H27FN4O. The first-order valence-electron chi connectivity index (χ1n) is 8.93. The molecular weight excluding hydrogens is 307 g/mol. The Labute approximate surface area is 143 Å². The lowest BCUT2D eigenvalue weighted by Gasteiger charge is -2.37. The van der Waals surface area contributed by atoms with Crippen molar-refractivity contribution in [1.82, 2.24) is 9.80 Å². The standard InChI is InChI=1S/C18H27FN4O/c19-16-6-5-14(20)12-17(16)21-18(24)7-11-22-8-3-4-15(13-22)23-9-1-2-10-23/h5-6,12,15H,1-4,7-11,13,20H2,(H,21,24). The number of amides is 1. The molecule has 5 nitrogen and oxygen atoms in total. The van der Waals surface area contributed by atoms with Crippen molar-refractivity contribution >= 4 is 17.3 Å². The fourth-order valence-corrected chi connectivity index (χ4v) is 3.75. The molecule has 1 atom stereocenters.